The topological polar surface area (TPSA) is 27.7 Å². The van der Waals surface area contributed by atoms with Crippen LogP contribution in [0.3, 0.4) is 0 Å². The number of hydrogen-bond donors (Lipinski definition) is 0. The quantitative estimate of drug-likeness (QED) is 0.577. The van der Waals surface area contributed by atoms with E-state index in [1.54, 1.807) is 14.2 Å². The Morgan fingerprint density at radius 1 is 1.11 bits per heavy atom. The molecule has 0 amide bonds. The fraction of sp³-hybridized carbons (Fsp3) is 0.500. The summed E-state index contributed by atoms with van der Waals surface area (Å²) in [5.41, 5.74) is 2.60. The zero-order valence-corrected chi connectivity index (χ0v) is 11.8. The number of allylic oxidation sites excluding steroid dienone is 2. The minimum Gasteiger partial charge on any atom is -0.496 e. The highest BCUT2D eigenvalue weighted by atomic mass is 16.7. The number of ether oxygens (including phenoxy) is 3. The molecule has 1 aromatic carbocycles. The van der Waals surface area contributed by atoms with Gasteiger partial charge in [-0.2, -0.15) is 0 Å². The summed E-state index contributed by atoms with van der Waals surface area (Å²) < 4.78 is 16.1. The maximum atomic E-state index is 5.64. The lowest BCUT2D eigenvalue weighted by Crippen LogP contribution is -2.05. The molecule has 104 valence electrons. The fourth-order valence-electron chi connectivity index (χ4n) is 2.46. The van der Waals surface area contributed by atoms with E-state index in [1.807, 2.05) is 18.2 Å². The van der Waals surface area contributed by atoms with Crippen LogP contribution >= 0.6 is 0 Å². The first-order chi connectivity index (χ1) is 9.35. The van der Waals surface area contributed by atoms with Crippen molar-refractivity contribution in [2.75, 3.05) is 21.0 Å². The lowest BCUT2D eigenvalue weighted by atomic mass is 9.93. The third-order valence-corrected chi connectivity index (χ3v) is 3.43. The average molecular weight is 262 g/mol. The first-order valence-corrected chi connectivity index (χ1v) is 6.80. The number of methoxy groups -OCH3 is 2. The van der Waals surface area contributed by atoms with Crippen LogP contribution in [0.25, 0.3) is 0 Å². The molecule has 0 aliphatic heterocycles. The van der Waals surface area contributed by atoms with Crippen LogP contribution in [0.15, 0.2) is 29.8 Å². The van der Waals surface area contributed by atoms with Crippen molar-refractivity contribution in [3.05, 3.63) is 35.4 Å². The van der Waals surface area contributed by atoms with Gasteiger partial charge in [0, 0.05) is 19.1 Å². The van der Waals surface area contributed by atoms with Gasteiger partial charge in [-0.25, -0.2) is 0 Å². The van der Waals surface area contributed by atoms with Crippen LogP contribution in [-0.2, 0) is 11.2 Å². The largest absolute Gasteiger partial charge is 0.496 e. The van der Waals surface area contributed by atoms with Crippen LogP contribution in [0.5, 0.6) is 11.5 Å². The molecule has 0 fully saturated rings. The Bertz CT molecular complexity index is 438. The Balaban J connectivity index is 2.21. The summed E-state index contributed by atoms with van der Waals surface area (Å²) in [5.74, 6) is 1.74. The van der Waals surface area contributed by atoms with E-state index in [1.165, 1.54) is 31.3 Å². The molecule has 0 saturated carbocycles. The van der Waals surface area contributed by atoms with Crippen LogP contribution in [0.2, 0.25) is 0 Å². The van der Waals surface area contributed by atoms with Crippen molar-refractivity contribution in [1.29, 1.82) is 0 Å². The zero-order valence-electron chi connectivity index (χ0n) is 11.8. The Hall–Kier alpha value is -1.48. The maximum Gasteiger partial charge on any atom is 0.188 e. The number of benzene rings is 1. The summed E-state index contributed by atoms with van der Waals surface area (Å²) in [4.78, 5) is 0. The lowest BCUT2D eigenvalue weighted by Gasteiger charge is -2.18. The number of rotatable bonds is 6. The van der Waals surface area contributed by atoms with Gasteiger partial charge in [0.25, 0.3) is 0 Å². The third kappa shape index (κ3) is 3.74. The van der Waals surface area contributed by atoms with Gasteiger partial charge in [-0.1, -0.05) is 17.7 Å². The molecule has 0 unspecified atom stereocenters. The minimum absolute atomic E-state index is 0.263. The van der Waals surface area contributed by atoms with E-state index in [0.29, 0.717) is 0 Å². The second kappa shape index (κ2) is 7.19. The highest BCUT2D eigenvalue weighted by Crippen LogP contribution is 2.33. The molecule has 3 heteroatoms. The van der Waals surface area contributed by atoms with E-state index >= 15 is 0 Å². The van der Waals surface area contributed by atoms with Gasteiger partial charge < -0.3 is 14.2 Å². The molecule has 2 rings (SSSR count). The molecular weight excluding hydrogens is 240 g/mol. The van der Waals surface area contributed by atoms with Gasteiger partial charge in [0.1, 0.15) is 11.5 Å². The van der Waals surface area contributed by atoms with Crippen molar-refractivity contribution in [1.82, 2.24) is 0 Å². The molecular formula is C16H22O3. The molecule has 0 saturated heterocycles. The lowest BCUT2D eigenvalue weighted by molar-refractivity contribution is 0.0503. The molecule has 19 heavy (non-hydrogen) atoms. The van der Waals surface area contributed by atoms with E-state index in [0.717, 1.165) is 23.5 Å². The van der Waals surface area contributed by atoms with Crippen molar-refractivity contribution >= 4 is 0 Å². The summed E-state index contributed by atoms with van der Waals surface area (Å²) in [7, 11) is 3.33. The zero-order chi connectivity index (χ0) is 13.5. The van der Waals surface area contributed by atoms with Crippen LogP contribution in [0, 0.1) is 0 Å². The van der Waals surface area contributed by atoms with E-state index in [-0.39, 0.29) is 6.79 Å². The third-order valence-electron chi connectivity index (χ3n) is 3.43. The monoisotopic (exact) mass is 262 g/mol. The normalized spacial score (nSPS) is 14.9. The molecule has 0 spiro atoms. The van der Waals surface area contributed by atoms with Crippen molar-refractivity contribution in [3.63, 3.8) is 0 Å². The standard InChI is InChI=1S/C16H22O3/c1-17-12-19-16-10-6-9-15(18-2)14(16)11-13-7-4-3-5-8-13/h6-7,9-10H,3-5,8,11-12H2,1-2H3. The molecule has 0 N–H and O–H groups in total. The summed E-state index contributed by atoms with van der Waals surface area (Å²) in [6.07, 6.45) is 8.23. The summed E-state index contributed by atoms with van der Waals surface area (Å²) in [6.45, 7) is 0.263. The summed E-state index contributed by atoms with van der Waals surface area (Å²) >= 11 is 0. The predicted octanol–water partition coefficient (Wildman–Crippen LogP) is 3.72. The first kappa shape index (κ1) is 13.9. The molecule has 0 heterocycles. The van der Waals surface area contributed by atoms with E-state index in [9.17, 15) is 0 Å². The van der Waals surface area contributed by atoms with Gasteiger partial charge >= 0.3 is 0 Å². The van der Waals surface area contributed by atoms with Crippen LogP contribution < -0.4 is 9.47 Å². The van der Waals surface area contributed by atoms with Crippen LogP contribution in [0.4, 0.5) is 0 Å². The van der Waals surface area contributed by atoms with Gasteiger partial charge in [-0.05, 0) is 37.8 Å². The molecule has 0 radical (unpaired) electrons. The van der Waals surface area contributed by atoms with Crippen molar-refractivity contribution in [2.24, 2.45) is 0 Å². The SMILES string of the molecule is COCOc1cccc(OC)c1CC1=CCCCC1. The van der Waals surface area contributed by atoms with E-state index in [2.05, 4.69) is 6.08 Å². The highest BCUT2D eigenvalue weighted by Gasteiger charge is 2.13. The van der Waals surface area contributed by atoms with Crippen molar-refractivity contribution in [2.45, 2.75) is 32.1 Å². The Morgan fingerprint density at radius 2 is 1.95 bits per heavy atom. The molecule has 1 aliphatic carbocycles. The minimum atomic E-state index is 0.263. The Kier molecular flexibility index (Phi) is 5.28. The predicted molar refractivity (Wildman–Crippen MR) is 75.8 cm³/mol. The molecule has 0 bridgehead atoms. The van der Waals surface area contributed by atoms with Crippen LogP contribution in [-0.4, -0.2) is 21.0 Å². The van der Waals surface area contributed by atoms with Gasteiger partial charge in [-0.15, -0.1) is 0 Å². The van der Waals surface area contributed by atoms with Crippen molar-refractivity contribution < 1.29 is 14.2 Å². The van der Waals surface area contributed by atoms with Gasteiger partial charge in [0.15, 0.2) is 6.79 Å². The van der Waals surface area contributed by atoms with Gasteiger partial charge in [0.2, 0.25) is 0 Å². The summed E-state index contributed by atoms with van der Waals surface area (Å²) in [5, 5.41) is 0. The Morgan fingerprint density at radius 3 is 2.63 bits per heavy atom. The Labute approximate surface area is 115 Å². The highest BCUT2D eigenvalue weighted by molar-refractivity contribution is 5.47. The van der Waals surface area contributed by atoms with E-state index in [4.69, 9.17) is 14.2 Å². The fourth-order valence-corrected chi connectivity index (χ4v) is 2.46. The molecule has 1 aromatic rings. The van der Waals surface area contributed by atoms with Crippen LogP contribution in [0.1, 0.15) is 31.2 Å². The molecule has 0 aromatic heterocycles. The van der Waals surface area contributed by atoms with Gasteiger partial charge in [-0.3, -0.25) is 0 Å². The molecule has 3 nitrogen and oxygen atoms in total. The average Bonchev–Trinajstić information content (AvgIpc) is 2.47. The molecule has 1 aliphatic rings. The summed E-state index contributed by atoms with van der Waals surface area (Å²) in [6, 6.07) is 5.90. The van der Waals surface area contributed by atoms with E-state index < -0.39 is 0 Å². The second-order valence-corrected chi connectivity index (χ2v) is 4.77. The second-order valence-electron chi connectivity index (χ2n) is 4.77. The van der Waals surface area contributed by atoms with Gasteiger partial charge in [0.05, 0.1) is 7.11 Å². The molecule has 0 atom stereocenters. The first-order valence-electron chi connectivity index (χ1n) is 6.80. The van der Waals surface area contributed by atoms with Crippen molar-refractivity contribution in [3.8, 4) is 11.5 Å². The smallest absolute Gasteiger partial charge is 0.188 e. The maximum absolute atomic E-state index is 5.64. The number of hydrogen-bond acceptors (Lipinski definition) is 3.